The lowest BCUT2D eigenvalue weighted by molar-refractivity contribution is -0.123. The number of benzene rings is 3. The molecule has 0 radical (unpaired) electrons. The van der Waals surface area contributed by atoms with Crippen molar-refractivity contribution < 1.29 is 19.1 Å². The van der Waals surface area contributed by atoms with Crippen LogP contribution in [0.3, 0.4) is 0 Å². The van der Waals surface area contributed by atoms with Crippen LogP contribution in [0.2, 0.25) is 10.0 Å². The lowest BCUT2D eigenvalue weighted by Crippen LogP contribution is -2.30. The number of hydrogen-bond donors (Lipinski definition) is 1. The Balaban J connectivity index is 1.56. The Hall–Kier alpha value is -3.48. The summed E-state index contributed by atoms with van der Waals surface area (Å²) in [6.45, 7) is 2.63. The average molecular weight is 497 g/mol. The highest BCUT2D eigenvalue weighted by Crippen LogP contribution is 2.38. The van der Waals surface area contributed by atoms with Gasteiger partial charge in [0, 0.05) is 10.6 Å². The van der Waals surface area contributed by atoms with Crippen LogP contribution in [0.15, 0.2) is 72.4 Å². The summed E-state index contributed by atoms with van der Waals surface area (Å²) in [4.78, 5) is 26.4. The van der Waals surface area contributed by atoms with Crippen LogP contribution in [0.25, 0.3) is 6.08 Å². The minimum absolute atomic E-state index is 0.157. The van der Waals surface area contributed by atoms with Gasteiger partial charge in [-0.3, -0.25) is 9.69 Å². The first-order chi connectivity index (χ1) is 16.5. The van der Waals surface area contributed by atoms with Crippen LogP contribution in [-0.2, 0) is 17.9 Å². The van der Waals surface area contributed by atoms with E-state index in [4.69, 9.17) is 32.7 Å². The molecule has 6 nitrogen and oxygen atoms in total. The number of carbonyl (C=O) groups is 2. The van der Waals surface area contributed by atoms with Crippen molar-refractivity contribution >= 4 is 41.2 Å². The Morgan fingerprint density at radius 1 is 0.941 bits per heavy atom. The van der Waals surface area contributed by atoms with E-state index < -0.39 is 11.9 Å². The van der Waals surface area contributed by atoms with E-state index in [1.54, 1.807) is 24.3 Å². The summed E-state index contributed by atoms with van der Waals surface area (Å²) in [6, 6.07) is 19.6. The second-order valence-electron chi connectivity index (χ2n) is 7.51. The van der Waals surface area contributed by atoms with E-state index in [-0.39, 0.29) is 18.8 Å². The second kappa shape index (κ2) is 10.6. The zero-order valence-corrected chi connectivity index (χ0v) is 19.9. The van der Waals surface area contributed by atoms with Gasteiger partial charge in [0.1, 0.15) is 12.3 Å². The summed E-state index contributed by atoms with van der Waals surface area (Å²) in [5.74, 6) is 0.381. The molecule has 4 rings (SSSR count). The minimum atomic E-state index is -0.476. The number of halogens is 2. The average Bonchev–Trinajstić information content (AvgIpc) is 3.08. The molecule has 1 saturated heterocycles. The SMILES string of the molecule is CCOc1cc(/C=C2/NC(=O)N(Cc3ccccc3)C2=O)cc(Cl)c1OCc1ccccc1Cl. The first kappa shape index (κ1) is 23.7. The molecule has 0 spiro atoms. The van der Waals surface area contributed by atoms with Crippen molar-refractivity contribution in [3.63, 3.8) is 0 Å². The van der Waals surface area contributed by atoms with Gasteiger partial charge in [0.2, 0.25) is 0 Å². The summed E-state index contributed by atoms with van der Waals surface area (Å²) >= 11 is 12.7. The number of nitrogens with one attached hydrogen (secondary N) is 1. The minimum Gasteiger partial charge on any atom is -0.490 e. The monoisotopic (exact) mass is 496 g/mol. The maximum atomic E-state index is 12.9. The molecule has 3 aromatic rings. The molecule has 1 aliphatic heterocycles. The Kier molecular flexibility index (Phi) is 7.40. The third kappa shape index (κ3) is 5.35. The number of ether oxygens (including phenoxy) is 2. The highest BCUT2D eigenvalue weighted by atomic mass is 35.5. The van der Waals surface area contributed by atoms with Gasteiger partial charge in [-0.2, -0.15) is 0 Å². The zero-order chi connectivity index (χ0) is 24.1. The van der Waals surface area contributed by atoms with Gasteiger partial charge in [0.05, 0.1) is 18.2 Å². The number of imide groups is 1. The van der Waals surface area contributed by atoms with E-state index in [0.717, 1.165) is 16.0 Å². The molecule has 0 aliphatic carbocycles. The molecule has 3 amide bonds. The maximum Gasteiger partial charge on any atom is 0.329 e. The number of urea groups is 1. The lowest BCUT2D eigenvalue weighted by Gasteiger charge is -2.15. The quantitative estimate of drug-likeness (QED) is 0.303. The molecule has 0 saturated carbocycles. The molecule has 1 aliphatic rings. The number of nitrogens with zero attached hydrogens (tertiary/aromatic N) is 1. The molecular formula is C26H22Cl2N2O4. The molecule has 0 unspecified atom stereocenters. The van der Waals surface area contributed by atoms with Crippen molar-refractivity contribution in [1.29, 1.82) is 0 Å². The molecule has 0 bridgehead atoms. The highest BCUT2D eigenvalue weighted by molar-refractivity contribution is 6.32. The fourth-order valence-corrected chi connectivity index (χ4v) is 3.95. The van der Waals surface area contributed by atoms with Crippen LogP contribution in [-0.4, -0.2) is 23.4 Å². The summed E-state index contributed by atoms with van der Waals surface area (Å²) in [7, 11) is 0. The van der Waals surface area contributed by atoms with Crippen LogP contribution in [0.1, 0.15) is 23.6 Å². The predicted molar refractivity (Wildman–Crippen MR) is 132 cm³/mol. The van der Waals surface area contributed by atoms with Crippen molar-refractivity contribution in [3.8, 4) is 11.5 Å². The van der Waals surface area contributed by atoms with Gasteiger partial charge in [-0.05, 0) is 42.3 Å². The lowest BCUT2D eigenvalue weighted by atomic mass is 10.1. The van der Waals surface area contributed by atoms with Gasteiger partial charge in [-0.1, -0.05) is 71.7 Å². The zero-order valence-electron chi connectivity index (χ0n) is 18.4. The fraction of sp³-hybridized carbons (Fsp3) is 0.154. The van der Waals surface area contributed by atoms with Gasteiger partial charge < -0.3 is 14.8 Å². The first-order valence-electron chi connectivity index (χ1n) is 10.7. The van der Waals surface area contributed by atoms with Gasteiger partial charge >= 0.3 is 6.03 Å². The Morgan fingerprint density at radius 3 is 2.41 bits per heavy atom. The molecule has 0 aromatic heterocycles. The van der Waals surface area contributed by atoms with Crippen LogP contribution >= 0.6 is 23.2 Å². The van der Waals surface area contributed by atoms with Crippen molar-refractivity contribution in [2.24, 2.45) is 0 Å². The molecule has 1 fully saturated rings. The summed E-state index contributed by atoms with van der Waals surface area (Å²) in [6.07, 6.45) is 1.57. The first-order valence-corrected chi connectivity index (χ1v) is 11.4. The number of carbonyl (C=O) groups excluding carboxylic acids is 2. The summed E-state index contributed by atoms with van der Waals surface area (Å²) < 4.78 is 11.7. The smallest absolute Gasteiger partial charge is 0.329 e. The van der Waals surface area contributed by atoms with Crippen LogP contribution < -0.4 is 14.8 Å². The van der Waals surface area contributed by atoms with Crippen molar-refractivity contribution in [3.05, 3.63) is 99.2 Å². The number of hydrogen-bond acceptors (Lipinski definition) is 4. The fourth-order valence-electron chi connectivity index (χ4n) is 3.49. The molecule has 1 N–H and O–H groups in total. The Bertz CT molecular complexity index is 1240. The van der Waals surface area contributed by atoms with E-state index in [0.29, 0.717) is 33.7 Å². The Labute approximate surface area is 207 Å². The maximum absolute atomic E-state index is 12.9. The molecule has 1 heterocycles. The van der Waals surface area contributed by atoms with Crippen LogP contribution in [0.4, 0.5) is 4.79 Å². The predicted octanol–water partition coefficient (Wildman–Crippen LogP) is 6.06. The van der Waals surface area contributed by atoms with Crippen molar-refractivity contribution in [2.45, 2.75) is 20.1 Å². The second-order valence-corrected chi connectivity index (χ2v) is 8.32. The summed E-state index contributed by atoms with van der Waals surface area (Å²) in [5, 5.41) is 3.53. The molecule has 174 valence electrons. The van der Waals surface area contributed by atoms with Crippen LogP contribution in [0, 0.1) is 0 Å². The molecular weight excluding hydrogens is 475 g/mol. The number of amides is 3. The molecule has 34 heavy (non-hydrogen) atoms. The molecule has 3 aromatic carbocycles. The van der Waals surface area contributed by atoms with Gasteiger partial charge in [0.15, 0.2) is 11.5 Å². The summed E-state index contributed by atoms with van der Waals surface area (Å²) in [5.41, 5.74) is 2.41. The highest BCUT2D eigenvalue weighted by Gasteiger charge is 2.33. The standard InChI is InChI=1S/C26H22Cl2N2O4/c1-2-33-23-14-18(12-21(28)24(23)34-16-19-10-6-7-11-20(19)27)13-22-25(31)30(26(32)29-22)15-17-8-4-3-5-9-17/h3-14H,2,15-16H2,1H3,(H,29,32)/b22-13+. The topological polar surface area (TPSA) is 67.9 Å². The van der Waals surface area contributed by atoms with Crippen molar-refractivity contribution in [1.82, 2.24) is 10.2 Å². The molecule has 0 atom stereocenters. The number of rotatable bonds is 8. The van der Waals surface area contributed by atoms with E-state index in [1.165, 1.54) is 0 Å². The van der Waals surface area contributed by atoms with E-state index in [9.17, 15) is 9.59 Å². The van der Waals surface area contributed by atoms with E-state index >= 15 is 0 Å². The molecule has 8 heteroatoms. The third-order valence-electron chi connectivity index (χ3n) is 5.12. The largest absolute Gasteiger partial charge is 0.490 e. The van der Waals surface area contributed by atoms with Gasteiger partial charge in [-0.15, -0.1) is 0 Å². The van der Waals surface area contributed by atoms with Gasteiger partial charge in [-0.25, -0.2) is 4.79 Å². The third-order valence-corrected chi connectivity index (χ3v) is 5.77. The van der Waals surface area contributed by atoms with E-state index in [2.05, 4.69) is 5.32 Å². The van der Waals surface area contributed by atoms with Crippen LogP contribution in [0.5, 0.6) is 11.5 Å². The van der Waals surface area contributed by atoms with E-state index in [1.807, 2.05) is 55.5 Å². The normalized spacial score (nSPS) is 14.4. The van der Waals surface area contributed by atoms with Gasteiger partial charge in [0.25, 0.3) is 5.91 Å². The van der Waals surface area contributed by atoms with Crippen molar-refractivity contribution in [2.75, 3.05) is 6.61 Å². The Morgan fingerprint density at radius 2 is 1.68 bits per heavy atom.